The molecular formula is C12H20S3. The molecule has 0 spiro atoms. The molecule has 1 heterocycles. The van der Waals surface area contributed by atoms with E-state index in [1.54, 1.807) is 0 Å². The highest BCUT2D eigenvalue weighted by atomic mass is 32.2. The Balaban J connectivity index is 1.65. The van der Waals surface area contributed by atoms with Crippen LogP contribution in [0.5, 0.6) is 0 Å². The molecule has 0 aromatic carbocycles. The smallest absolute Gasteiger partial charge is 0.0677 e. The Morgan fingerprint density at radius 3 is 2.47 bits per heavy atom. The molecule has 1 aliphatic carbocycles. The van der Waals surface area contributed by atoms with Gasteiger partial charge in [-0.1, -0.05) is 6.08 Å². The van der Waals surface area contributed by atoms with Gasteiger partial charge in [-0.15, -0.1) is 30.1 Å². The van der Waals surface area contributed by atoms with Crippen molar-refractivity contribution in [2.75, 3.05) is 11.5 Å². The molecule has 15 heavy (non-hydrogen) atoms. The molecule has 0 bridgehead atoms. The summed E-state index contributed by atoms with van der Waals surface area (Å²) < 4.78 is 0.603. The van der Waals surface area contributed by atoms with E-state index in [0.29, 0.717) is 4.08 Å². The van der Waals surface area contributed by atoms with Gasteiger partial charge in [0, 0.05) is 22.0 Å². The minimum absolute atomic E-state index is 0.603. The molecule has 0 aromatic rings. The highest BCUT2D eigenvalue weighted by molar-refractivity contribution is 8.24. The van der Waals surface area contributed by atoms with E-state index in [4.69, 9.17) is 0 Å². The van der Waals surface area contributed by atoms with Crippen molar-refractivity contribution in [2.45, 2.75) is 47.2 Å². The fraction of sp³-hybridized carbons (Fsp3) is 0.833. The van der Waals surface area contributed by atoms with Gasteiger partial charge < -0.3 is 0 Å². The molecule has 0 nitrogen and oxygen atoms in total. The standard InChI is InChI=1S/C12H20S3/c1-3-8-13-10-4-6-11(7-5-10)15-12(2)9-14-12/h3,10-11H,1,4-9H2,2H3. The minimum Gasteiger partial charge on any atom is -0.154 e. The van der Waals surface area contributed by atoms with Gasteiger partial charge in [0.25, 0.3) is 0 Å². The lowest BCUT2D eigenvalue weighted by Gasteiger charge is -2.28. The molecule has 2 aliphatic rings. The van der Waals surface area contributed by atoms with E-state index in [1.807, 2.05) is 6.08 Å². The van der Waals surface area contributed by atoms with Crippen LogP contribution in [0.25, 0.3) is 0 Å². The van der Waals surface area contributed by atoms with Crippen molar-refractivity contribution in [3.8, 4) is 0 Å². The third-order valence-electron chi connectivity index (χ3n) is 3.04. The maximum atomic E-state index is 3.79. The van der Waals surface area contributed by atoms with Gasteiger partial charge in [0.1, 0.15) is 0 Å². The third-order valence-corrected chi connectivity index (χ3v) is 7.81. The highest BCUT2D eigenvalue weighted by Gasteiger charge is 2.41. The predicted molar refractivity (Wildman–Crippen MR) is 77.2 cm³/mol. The van der Waals surface area contributed by atoms with Crippen LogP contribution in [-0.2, 0) is 0 Å². The Hall–Kier alpha value is 0.790. The van der Waals surface area contributed by atoms with Crippen molar-refractivity contribution >= 4 is 35.3 Å². The molecular weight excluding hydrogens is 240 g/mol. The highest BCUT2D eigenvalue weighted by Crippen LogP contribution is 2.56. The summed E-state index contributed by atoms with van der Waals surface area (Å²) in [7, 11) is 0. The quantitative estimate of drug-likeness (QED) is 0.531. The molecule has 0 aromatic heterocycles. The molecule has 86 valence electrons. The number of hydrogen-bond donors (Lipinski definition) is 0. The molecule has 3 heteroatoms. The van der Waals surface area contributed by atoms with Gasteiger partial charge in [-0.25, -0.2) is 0 Å². The van der Waals surface area contributed by atoms with Crippen LogP contribution in [0.4, 0.5) is 0 Å². The van der Waals surface area contributed by atoms with Crippen molar-refractivity contribution in [1.82, 2.24) is 0 Å². The van der Waals surface area contributed by atoms with Crippen LogP contribution < -0.4 is 0 Å². The van der Waals surface area contributed by atoms with Crippen molar-refractivity contribution in [1.29, 1.82) is 0 Å². The van der Waals surface area contributed by atoms with Crippen LogP contribution in [0.2, 0.25) is 0 Å². The molecule has 0 amide bonds. The summed E-state index contributed by atoms with van der Waals surface area (Å²) in [6.45, 7) is 6.19. The average molecular weight is 260 g/mol. The predicted octanol–water partition coefficient (Wildman–Crippen LogP) is 4.41. The van der Waals surface area contributed by atoms with Crippen molar-refractivity contribution in [3.63, 3.8) is 0 Å². The molecule has 1 unspecified atom stereocenters. The first kappa shape index (κ1) is 12.3. The second-order valence-corrected chi connectivity index (χ2v) is 9.43. The summed E-state index contributed by atoms with van der Waals surface area (Å²) >= 11 is 6.47. The van der Waals surface area contributed by atoms with Crippen molar-refractivity contribution in [3.05, 3.63) is 12.7 Å². The Kier molecular flexibility index (Phi) is 4.42. The van der Waals surface area contributed by atoms with E-state index in [2.05, 4.69) is 48.8 Å². The van der Waals surface area contributed by atoms with Crippen LogP contribution in [0.1, 0.15) is 32.6 Å². The summed E-state index contributed by atoms with van der Waals surface area (Å²) in [5.41, 5.74) is 0. The molecule has 1 saturated heterocycles. The van der Waals surface area contributed by atoms with E-state index in [-0.39, 0.29) is 0 Å². The fourth-order valence-electron chi connectivity index (χ4n) is 2.04. The average Bonchev–Trinajstić information content (AvgIpc) is 2.95. The number of thioether (sulfide) groups is 3. The number of rotatable bonds is 5. The summed E-state index contributed by atoms with van der Waals surface area (Å²) in [4.78, 5) is 0. The van der Waals surface area contributed by atoms with E-state index >= 15 is 0 Å². The van der Waals surface area contributed by atoms with E-state index in [9.17, 15) is 0 Å². The molecule has 0 N–H and O–H groups in total. The van der Waals surface area contributed by atoms with E-state index < -0.39 is 0 Å². The van der Waals surface area contributed by atoms with Gasteiger partial charge in [-0.2, -0.15) is 11.8 Å². The normalized spacial score (nSPS) is 40.1. The molecule has 2 fully saturated rings. The first-order valence-corrected chi connectivity index (χ1v) is 8.67. The van der Waals surface area contributed by atoms with E-state index in [1.165, 1.54) is 31.4 Å². The lowest BCUT2D eigenvalue weighted by Crippen LogP contribution is -2.20. The lowest BCUT2D eigenvalue weighted by atomic mass is 10.00. The Morgan fingerprint density at radius 1 is 1.33 bits per heavy atom. The first-order valence-electron chi connectivity index (χ1n) is 5.76. The second kappa shape index (κ2) is 5.42. The Bertz CT molecular complexity index is 215. The van der Waals surface area contributed by atoms with E-state index in [0.717, 1.165) is 16.3 Å². The fourth-order valence-corrected chi connectivity index (χ4v) is 5.60. The van der Waals surface area contributed by atoms with Crippen LogP contribution in [0.3, 0.4) is 0 Å². The Labute approximate surface area is 106 Å². The van der Waals surface area contributed by atoms with Crippen LogP contribution in [-0.4, -0.2) is 26.1 Å². The van der Waals surface area contributed by atoms with Gasteiger partial charge in [-0.05, 0) is 32.6 Å². The van der Waals surface area contributed by atoms with Gasteiger partial charge in [-0.3, -0.25) is 0 Å². The van der Waals surface area contributed by atoms with Crippen molar-refractivity contribution in [2.24, 2.45) is 0 Å². The largest absolute Gasteiger partial charge is 0.154 e. The van der Waals surface area contributed by atoms with Gasteiger partial charge >= 0.3 is 0 Å². The van der Waals surface area contributed by atoms with Gasteiger partial charge in [0.05, 0.1) is 4.08 Å². The zero-order valence-electron chi connectivity index (χ0n) is 9.41. The number of hydrogen-bond acceptors (Lipinski definition) is 3. The third kappa shape index (κ3) is 3.94. The summed E-state index contributed by atoms with van der Waals surface area (Å²) in [5.74, 6) is 2.51. The Morgan fingerprint density at radius 2 is 1.93 bits per heavy atom. The summed E-state index contributed by atoms with van der Waals surface area (Å²) in [6.07, 6.45) is 7.77. The topological polar surface area (TPSA) is 0 Å². The maximum Gasteiger partial charge on any atom is 0.0677 e. The second-order valence-electron chi connectivity index (χ2n) is 4.56. The molecule has 0 radical (unpaired) electrons. The monoisotopic (exact) mass is 260 g/mol. The molecule has 1 saturated carbocycles. The van der Waals surface area contributed by atoms with Crippen molar-refractivity contribution < 1.29 is 0 Å². The first-order chi connectivity index (χ1) is 7.22. The minimum atomic E-state index is 0.603. The zero-order valence-corrected chi connectivity index (χ0v) is 11.9. The van der Waals surface area contributed by atoms with Crippen LogP contribution >= 0.6 is 35.3 Å². The maximum absolute atomic E-state index is 3.79. The molecule has 1 atom stereocenters. The van der Waals surface area contributed by atoms with Gasteiger partial charge in [0.15, 0.2) is 0 Å². The zero-order chi connectivity index (χ0) is 10.7. The van der Waals surface area contributed by atoms with Crippen LogP contribution in [0.15, 0.2) is 12.7 Å². The molecule has 2 rings (SSSR count). The summed E-state index contributed by atoms with van der Waals surface area (Å²) in [5, 5.41) is 1.87. The summed E-state index contributed by atoms with van der Waals surface area (Å²) in [6, 6.07) is 0. The molecule has 1 aliphatic heterocycles. The van der Waals surface area contributed by atoms with Crippen LogP contribution in [0, 0.1) is 0 Å². The lowest BCUT2D eigenvalue weighted by molar-refractivity contribution is 0.527. The van der Waals surface area contributed by atoms with Gasteiger partial charge in [0.2, 0.25) is 0 Å². The SMILES string of the molecule is C=CCSC1CCC(SC2(C)CS2)CC1.